The van der Waals surface area contributed by atoms with E-state index in [1.54, 1.807) is 19.3 Å². The van der Waals surface area contributed by atoms with Crippen molar-refractivity contribution in [3.63, 3.8) is 0 Å². The third-order valence-electron chi connectivity index (χ3n) is 5.35. The van der Waals surface area contributed by atoms with Crippen LogP contribution in [0.4, 0.5) is 5.69 Å². The minimum Gasteiger partial charge on any atom is -0.356 e. The average Bonchev–Trinajstić information content (AvgIpc) is 3.20. The van der Waals surface area contributed by atoms with Crippen LogP contribution in [0.25, 0.3) is 0 Å². The topological polar surface area (TPSA) is 87.5 Å². The van der Waals surface area contributed by atoms with E-state index in [1.165, 1.54) is 10.9 Å². The summed E-state index contributed by atoms with van der Waals surface area (Å²) in [6.07, 6.45) is 6.15. The molecular weight excluding hydrogens is 320 g/mol. The van der Waals surface area contributed by atoms with Gasteiger partial charge in [-0.2, -0.15) is 10.2 Å². The number of rotatable bonds is 2. The molecule has 1 fully saturated rings. The molecule has 0 saturated carbocycles. The lowest BCUT2D eigenvalue weighted by molar-refractivity contribution is -0.128. The monoisotopic (exact) mass is 340 g/mol. The maximum Gasteiger partial charge on any atom is 0.282 e. The molecule has 7 nitrogen and oxygen atoms in total. The average molecular weight is 340 g/mol. The van der Waals surface area contributed by atoms with E-state index in [4.69, 9.17) is 0 Å². The molecule has 25 heavy (non-hydrogen) atoms. The lowest BCUT2D eigenvalue weighted by Crippen LogP contribution is -2.36. The summed E-state index contributed by atoms with van der Waals surface area (Å²) in [6.45, 7) is 0.745. The van der Waals surface area contributed by atoms with Gasteiger partial charge in [-0.25, -0.2) is 0 Å². The number of hydrogen-bond donors (Lipinski definition) is 2. The van der Waals surface area contributed by atoms with Gasteiger partial charge in [-0.3, -0.25) is 19.5 Å². The van der Waals surface area contributed by atoms with Crippen molar-refractivity contribution in [3.8, 4) is 0 Å². The quantitative estimate of drug-likeness (QED) is 0.640. The van der Waals surface area contributed by atoms with Gasteiger partial charge in [0.1, 0.15) is 5.69 Å². The lowest BCUT2D eigenvalue weighted by atomic mass is 9.70. The molecule has 2 aliphatic rings. The van der Waals surface area contributed by atoms with Crippen LogP contribution < -0.4 is 10.4 Å². The van der Waals surface area contributed by atoms with Gasteiger partial charge in [0.25, 0.3) is 5.91 Å². The molecule has 2 N–H and O–H groups in total. The van der Waals surface area contributed by atoms with Crippen molar-refractivity contribution in [2.24, 2.45) is 12.5 Å². The van der Waals surface area contributed by atoms with Crippen LogP contribution in [-0.4, -0.2) is 33.3 Å². The van der Waals surface area contributed by atoms with Crippen LogP contribution in [0.1, 0.15) is 34.3 Å². The van der Waals surface area contributed by atoms with Gasteiger partial charge in [0.15, 0.2) is 0 Å². The number of carbonyl (C=O) groups is 2. The van der Waals surface area contributed by atoms with E-state index < -0.39 is 5.91 Å². The van der Waals surface area contributed by atoms with Crippen molar-refractivity contribution in [2.75, 3.05) is 11.6 Å². The van der Waals surface area contributed by atoms with Gasteiger partial charge in [-0.15, -0.1) is 0 Å². The standard InChI is InChI=1S/C18H20N4O3/c1-21-11-15(10-20-21)22(25)16(23)13-2-3-14-9-18(5-4-12(14)8-13)6-7-19-17(18)24/h2-3,8,10-11,25H,4-7,9H2,1H3,(H,19,24)/t18-/m1/s1. The summed E-state index contributed by atoms with van der Waals surface area (Å²) in [5.41, 5.74) is 2.67. The molecule has 0 radical (unpaired) electrons. The molecule has 2 amide bonds. The van der Waals surface area contributed by atoms with E-state index in [9.17, 15) is 14.8 Å². The summed E-state index contributed by atoms with van der Waals surface area (Å²) in [5.74, 6) is -0.342. The number of aryl methyl sites for hydroxylation is 2. The van der Waals surface area contributed by atoms with Crippen molar-refractivity contribution in [3.05, 3.63) is 47.3 Å². The van der Waals surface area contributed by atoms with Crippen LogP contribution in [0, 0.1) is 5.41 Å². The molecule has 1 spiro atoms. The van der Waals surface area contributed by atoms with E-state index in [2.05, 4.69) is 10.4 Å². The van der Waals surface area contributed by atoms with Gasteiger partial charge in [-0.05, 0) is 48.9 Å². The Kier molecular flexibility index (Phi) is 3.61. The molecular formula is C18H20N4O3. The number of nitrogens with zero attached hydrogens (tertiary/aromatic N) is 3. The fourth-order valence-corrected chi connectivity index (χ4v) is 3.87. The van der Waals surface area contributed by atoms with Crippen LogP contribution in [0.5, 0.6) is 0 Å². The van der Waals surface area contributed by atoms with Crippen LogP contribution in [0.2, 0.25) is 0 Å². The Hall–Kier alpha value is -2.67. The lowest BCUT2D eigenvalue weighted by Gasteiger charge is -2.32. The molecule has 2 aromatic rings. The number of benzene rings is 1. The van der Waals surface area contributed by atoms with Crippen molar-refractivity contribution >= 4 is 17.5 Å². The highest BCUT2D eigenvalue weighted by molar-refractivity contribution is 6.04. The number of carbonyl (C=O) groups excluding carboxylic acids is 2. The zero-order chi connectivity index (χ0) is 17.6. The first kappa shape index (κ1) is 15.8. The zero-order valence-corrected chi connectivity index (χ0v) is 14.0. The zero-order valence-electron chi connectivity index (χ0n) is 14.0. The summed E-state index contributed by atoms with van der Waals surface area (Å²) in [7, 11) is 1.72. The molecule has 1 aliphatic carbocycles. The van der Waals surface area contributed by atoms with Crippen LogP contribution in [0.3, 0.4) is 0 Å². The number of amides is 2. The summed E-state index contributed by atoms with van der Waals surface area (Å²) in [6, 6.07) is 5.45. The van der Waals surface area contributed by atoms with Crippen LogP contribution >= 0.6 is 0 Å². The van der Waals surface area contributed by atoms with Gasteiger partial charge in [0.2, 0.25) is 5.91 Å². The summed E-state index contributed by atoms with van der Waals surface area (Å²) < 4.78 is 1.52. The molecule has 1 aliphatic heterocycles. The summed E-state index contributed by atoms with van der Waals surface area (Å²) in [4.78, 5) is 24.7. The molecule has 0 unspecified atom stereocenters. The maximum absolute atomic E-state index is 12.5. The largest absolute Gasteiger partial charge is 0.356 e. The number of hydroxylamine groups is 1. The highest BCUT2D eigenvalue weighted by Crippen LogP contribution is 2.41. The van der Waals surface area contributed by atoms with Gasteiger partial charge in [-0.1, -0.05) is 6.07 Å². The molecule has 1 atom stereocenters. The molecule has 7 heteroatoms. The Morgan fingerprint density at radius 1 is 1.36 bits per heavy atom. The molecule has 4 rings (SSSR count). The third-order valence-corrected chi connectivity index (χ3v) is 5.35. The first-order valence-electron chi connectivity index (χ1n) is 8.41. The Morgan fingerprint density at radius 3 is 2.88 bits per heavy atom. The van der Waals surface area contributed by atoms with Crippen molar-refractivity contribution in [2.45, 2.75) is 25.7 Å². The molecule has 1 saturated heterocycles. The van der Waals surface area contributed by atoms with Gasteiger partial charge >= 0.3 is 0 Å². The fourth-order valence-electron chi connectivity index (χ4n) is 3.87. The number of fused-ring (bicyclic) bond motifs is 1. The van der Waals surface area contributed by atoms with E-state index in [0.717, 1.165) is 36.9 Å². The number of hydrogen-bond acceptors (Lipinski definition) is 4. The summed E-state index contributed by atoms with van der Waals surface area (Å²) >= 11 is 0. The second-order valence-corrected chi connectivity index (χ2v) is 6.94. The molecule has 1 aromatic heterocycles. The first-order valence-corrected chi connectivity index (χ1v) is 8.41. The predicted molar refractivity (Wildman–Crippen MR) is 90.3 cm³/mol. The van der Waals surface area contributed by atoms with Gasteiger partial charge in [0.05, 0.1) is 17.8 Å². The van der Waals surface area contributed by atoms with E-state index in [-0.39, 0.29) is 11.3 Å². The first-order chi connectivity index (χ1) is 12.0. The minimum atomic E-state index is -0.491. The van der Waals surface area contributed by atoms with E-state index >= 15 is 0 Å². The van der Waals surface area contributed by atoms with Crippen LogP contribution in [0.15, 0.2) is 30.6 Å². The fraction of sp³-hybridized carbons (Fsp3) is 0.389. The Morgan fingerprint density at radius 2 is 2.20 bits per heavy atom. The second-order valence-electron chi connectivity index (χ2n) is 6.94. The van der Waals surface area contributed by atoms with Crippen molar-refractivity contribution in [1.29, 1.82) is 0 Å². The molecule has 2 heterocycles. The minimum absolute atomic E-state index is 0.149. The Labute approximate surface area is 145 Å². The second kappa shape index (κ2) is 5.70. The van der Waals surface area contributed by atoms with E-state index in [1.807, 2.05) is 12.1 Å². The molecule has 130 valence electrons. The molecule has 1 aromatic carbocycles. The number of nitrogens with one attached hydrogen (secondary N) is 1. The maximum atomic E-state index is 12.5. The number of anilines is 1. The van der Waals surface area contributed by atoms with Crippen LogP contribution in [-0.2, 0) is 24.7 Å². The smallest absolute Gasteiger partial charge is 0.282 e. The van der Waals surface area contributed by atoms with Crippen molar-refractivity contribution < 1.29 is 14.8 Å². The van der Waals surface area contributed by atoms with Crippen molar-refractivity contribution in [1.82, 2.24) is 15.1 Å². The van der Waals surface area contributed by atoms with Gasteiger partial charge < -0.3 is 5.32 Å². The Balaban J connectivity index is 1.58. The van der Waals surface area contributed by atoms with Gasteiger partial charge in [0, 0.05) is 19.2 Å². The third kappa shape index (κ3) is 2.60. The highest BCUT2D eigenvalue weighted by Gasteiger charge is 2.44. The highest BCUT2D eigenvalue weighted by atomic mass is 16.5. The number of aromatic nitrogens is 2. The predicted octanol–water partition coefficient (Wildman–Crippen LogP) is 1.45. The normalized spacial score (nSPS) is 21.9. The summed E-state index contributed by atoms with van der Waals surface area (Å²) in [5, 5.41) is 17.6. The molecule has 0 bridgehead atoms. The SMILES string of the molecule is Cn1cc(N(O)C(=O)c2ccc3c(c2)CC[C@@]2(CCNC2=O)C3)cn1. The Bertz CT molecular complexity index is 860. The van der Waals surface area contributed by atoms with E-state index in [0.29, 0.717) is 22.7 Å².